The second-order valence-electron chi connectivity index (χ2n) is 15.6. The molecular weight excluding hydrogens is 706 g/mol. The Morgan fingerprint density at radius 1 is 1.13 bits per heavy atom. The highest BCUT2D eigenvalue weighted by Crippen LogP contribution is 2.49. The number of alkyl carbamates (subject to hydrolysis) is 1. The highest BCUT2D eigenvalue weighted by atomic mass is 19.3. The molecule has 8 atom stereocenters. The minimum atomic E-state index is -3.52. The van der Waals surface area contributed by atoms with Crippen LogP contribution in [0.15, 0.2) is 18.2 Å². The summed E-state index contributed by atoms with van der Waals surface area (Å²) in [5.74, 6) is -9.79. The molecule has 17 heteroatoms. The van der Waals surface area contributed by atoms with Crippen LogP contribution in [-0.2, 0) is 25.0 Å². The lowest BCUT2D eigenvalue weighted by Gasteiger charge is -2.36. The van der Waals surface area contributed by atoms with Crippen molar-refractivity contribution in [3.05, 3.63) is 23.9 Å². The summed E-state index contributed by atoms with van der Waals surface area (Å²) in [4.78, 5) is 63.9. The number of nitrogens with zero attached hydrogens (tertiary/aromatic N) is 3. The van der Waals surface area contributed by atoms with Gasteiger partial charge in [-0.25, -0.2) is 28.3 Å². The first-order valence-electron chi connectivity index (χ1n) is 17.9. The highest BCUT2D eigenvalue weighted by molar-refractivity contribution is 5.96. The number of rotatable bonds is 6. The Morgan fingerprint density at radius 2 is 1.87 bits per heavy atom. The fourth-order valence-corrected chi connectivity index (χ4v) is 7.63. The number of carboxylic acid groups (broad SMARTS) is 1. The molecule has 0 radical (unpaired) electrons. The minimum absolute atomic E-state index is 0.0369. The molecule has 2 saturated carbocycles. The Kier molecular flexibility index (Phi) is 10.2. The molecular formula is C36H45F4N5O8. The van der Waals surface area contributed by atoms with Gasteiger partial charge in [0.2, 0.25) is 24.1 Å². The van der Waals surface area contributed by atoms with Crippen molar-refractivity contribution in [1.29, 1.82) is 0 Å². The maximum Gasteiger partial charge on any atom is 0.408 e. The molecule has 13 nitrogen and oxygen atoms in total. The number of ether oxygens (including phenoxy) is 3. The van der Waals surface area contributed by atoms with E-state index in [2.05, 4.69) is 20.6 Å². The van der Waals surface area contributed by atoms with Crippen LogP contribution < -0.4 is 20.1 Å². The maximum atomic E-state index is 16.2. The monoisotopic (exact) mass is 751 g/mol. The van der Waals surface area contributed by atoms with Crippen molar-refractivity contribution in [2.24, 2.45) is 23.2 Å². The lowest BCUT2D eigenvalue weighted by Crippen LogP contribution is -2.60. The van der Waals surface area contributed by atoms with Crippen molar-refractivity contribution in [3.8, 4) is 11.6 Å². The van der Waals surface area contributed by atoms with Gasteiger partial charge in [0.15, 0.2) is 5.69 Å². The molecule has 290 valence electrons. The van der Waals surface area contributed by atoms with Crippen LogP contribution in [0, 0.1) is 23.2 Å². The second-order valence-corrected chi connectivity index (χ2v) is 15.6. The summed E-state index contributed by atoms with van der Waals surface area (Å²) >= 11 is 0. The zero-order valence-corrected chi connectivity index (χ0v) is 30.2. The number of aromatic nitrogens is 2. The van der Waals surface area contributed by atoms with Gasteiger partial charge in [-0.05, 0) is 55.6 Å². The van der Waals surface area contributed by atoms with E-state index >= 15 is 8.78 Å². The summed E-state index contributed by atoms with van der Waals surface area (Å²) < 4.78 is 77.0. The van der Waals surface area contributed by atoms with Gasteiger partial charge in [-0.2, -0.15) is 8.78 Å². The topological polar surface area (TPSA) is 169 Å². The average molecular weight is 752 g/mol. The van der Waals surface area contributed by atoms with Gasteiger partial charge >= 0.3 is 12.1 Å². The molecule has 2 aromatic rings. The van der Waals surface area contributed by atoms with Gasteiger partial charge in [0.1, 0.15) is 35.6 Å². The molecule has 0 spiro atoms. The molecule has 0 unspecified atom stereocenters. The summed E-state index contributed by atoms with van der Waals surface area (Å²) in [5, 5.41) is 14.9. The molecule has 3 fully saturated rings. The molecule has 1 saturated heterocycles. The van der Waals surface area contributed by atoms with Crippen LogP contribution >= 0.6 is 0 Å². The van der Waals surface area contributed by atoms with Crippen LogP contribution in [0.3, 0.4) is 0 Å². The summed E-state index contributed by atoms with van der Waals surface area (Å²) in [5.41, 5.74) is -3.62. The Labute approximate surface area is 303 Å². The van der Waals surface area contributed by atoms with Crippen molar-refractivity contribution in [2.45, 2.75) is 115 Å². The van der Waals surface area contributed by atoms with Crippen LogP contribution in [-0.4, -0.2) is 93.8 Å². The van der Waals surface area contributed by atoms with Crippen LogP contribution in [0.5, 0.6) is 11.6 Å². The maximum absolute atomic E-state index is 16.2. The Balaban J connectivity index is 1.45. The van der Waals surface area contributed by atoms with Crippen molar-refractivity contribution >= 4 is 34.9 Å². The van der Waals surface area contributed by atoms with Crippen molar-refractivity contribution < 1.29 is 56.1 Å². The first-order chi connectivity index (χ1) is 24.9. The zero-order chi connectivity index (χ0) is 38.6. The number of hydrogen-bond donors (Lipinski definition) is 3. The quantitative estimate of drug-likeness (QED) is 0.340. The molecule has 2 aliphatic heterocycles. The summed E-state index contributed by atoms with van der Waals surface area (Å²) in [6, 6.07) is 1.75. The van der Waals surface area contributed by atoms with Crippen LogP contribution in [0.2, 0.25) is 0 Å². The number of fused-ring (bicyclic) bond motifs is 5. The third-order valence-electron chi connectivity index (χ3n) is 10.9. The number of benzene rings is 1. The summed E-state index contributed by atoms with van der Waals surface area (Å²) in [6.45, 7) is 6.32. The van der Waals surface area contributed by atoms with Gasteiger partial charge in [-0.1, -0.05) is 34.1 Å². The minimum Gasteiger partial charge on any atom is -0.497 e. The molecule has 2 bridgehead atoms. The summed E-state index contributed by atoms with van der Waals surface area (Å²) in [6.07, 6.45) is -4.95. The van der Waals surface area contributed by atoms with Crippen molar-refractivity contribution in [1.82, 2.24) is 25.5 Å². The van der Waals surface area contributed by atoms with Crippen LogP contribution in [0.4, 0.5) is 22.4 Å². The molecule has 6 rings (SSSR count). The van der Waals surface area contributed by atoms with Crippen LogP contribution in [0.25, 0.3) is 11.0 Å². The number of alkyl halides is 4. The van der Waals surface area contributed by atoms with Gasteiger partial charge in [0, 0.05) is 18.4 Å². The number of methoxy groups -OCH3 is 1. The lowest BCUT2D eigenvalue weighted by atomic mass is 9.85. The van der Waals surface area contributed by atoms with E-state index in [-0.39, 0.29) is 36.3 Å². The number of hydrogen-bond acceptors (Lipinski definition) is 9. The summed E-state index contributed by atoms with van der Waals surface area (Å²) in [7, 11) is 1.43. The number of aliphatic carboxylic acids is 1. The van der Waals surface area contributed by atoms with Gasteiger partial charge in [0.05, 0.1) is 30.6 Å². The number of carboxylic acids is 1. The van der Waals surface area contributed by atoms with E-state index in [4.69, 9.17) is 14.2 Å². The molecule has 1 aromatic carbocycles. The van der Waals surface area contributed by atoms with Gasteiger partial charge in [-0.15, -0.1) is 0 Å². The van der Waals surface area contributed by atoms with E-state index in [0.29, 0.717) is 25.0 Å². The molecule has 3 N–H and O–H groups in total. The van der Waals surface area contributed by atoms with E-state index in [9.17, 15) is 33.1 Å². The first-order valence-corrected chi connectivity index (χ1v) is 17.9. The average Bonchev–Trinajstić information content (AvgIpc) is 3.98. The second kappa shape index (κ2) is 14.1. The predicted octanol–water partition coefficient (Wildman–Crippen LogP) is 5.04. The van der Waals surface area contributed by atoms with E-state index in [1.165, 1.54) is 19.2 Å². The lowest BCUT2D eigenvalue weighted by molar-refractivity contribution is -0.147. The molecule has 53 heavy (non-hydrogen) atoms. The van der Waals surface area contributed by atoms with E-state index in [1.54, 1.807) is 33.8 Å². The van der Waals surface area contributed by atoms with Gasteiger partial charge in [-0.3, -0.25) is 9.59 Å². The van der Waals surface area contributed by atoms with Crippen molar-refractivity contribution in [3.63, 3.8) is 0 Å². The number of amides is 3. The molecule has 2 aliphatic carbocycles. The number of nitrogens with one attached hydrogen (secondary N) is 2. The fraction of sp³-hybridized carbons (Fsp3) is 0.667. The number of carbonyl (C=O) groups excluding carboxylic acids is 3. The SMILES string of the molecule is CC[C@@H]1[C@@H]2CN(C(=O)[C@H](C(C)(C)C)NC(=O)O[C@@H]3C[C@H]3CCCCC(F)(F)c3nc4ccc(OC)cc4nc3O2)[C@@H]1C(=O)N[C@]1(C(=O)O)C[C@H]1C(F)F. The smallest absolute Gasteiger partial charge is 0.408 e. The fourth-order valence-electron chi connectivity index (χ4n) is 7.63. The standard InChI is InChI=1S/C36H45F4N5O8/c1-6-19-24-16-45(25(19)29(46)44-35(32(48)49)15-20(35)28(37)38)31(47)27(34(2,3)4)43-33(50)53-23-13-17(23)9-7-8-12-36(39,40)26-30(52-24)42-22-14-18(51-5)10-11-21(22)41-26/h10-11,14,17,19-20,23-25,27-28H,6-9,12-13,15-16H2,1-5H3,(H,43,50)(H,44,46)(H,48,49)/t17-,19-,20+,23-,24+,25+,27-,35-/m1/s1. The zero-order valence-electron chi connectivity index (χ0n) is 30.2. The Bertz CT molecular complexity index is 1770. The van der Waals surface area contributed by atoms with E-state index < -0.39 is 108 Å². The Hall–Kier alpha value is -4.44. The molecule has 1 aromatic heterocycles. The predicted molar refractivity (Wildman–Crippen MR) is 180 cm³/mol. The largest absolute Gasteiger partial charge is 0.497 e. The van der Waals surface area contributed by atoms with Gasteiger partial charge in [0.25, 0.3) is 5.92 Å². The van der Waals surface area contributed by atoms with Crippen LogP contribution in [0.1, 0.15) is 78.3 Å². The third kappa shape index (κ3) is 7.52. The number of halogens is 4. The van der Waals surface area contributed by atoms with E-state index in [0.717, 1.165) is 4.90 Å². The molecule has 3 heterocycles. The third-order valence-corrected chi connectivity index (χ3v) is 10.9. The molecule has 3 amide bonds. The number of carbonyl (C=O) groups is 4. The van der Waals surface area contributed by atoms with Gasteiger partial charge < -0.3 is 34.9 Å². The first kappa shape index (κ1) is 38.3. The molecule has 4 aliphatic rings. The Morgan fingerprint density at radius 3 is 2.49 bits per heavy atom. The normalized spacial score (nSPS) is 31.6. The van der Waals surface area contributed by atoms with Crippen molar-refractivity contribution in [2.75, 3.05) is 13.7 Å². The highest BCUT2D eigenvalue weighted by Gasteiger charge is 2.67. The van der Waals surface area contributed by atoms with E-state index in [1.807, 2.05) is 0 Å².